The van der Waals surface area contributed by atoms with Crippen LogP contribution >= 0.6 is 0 Å². The van der Waals surface area contributed by atoms with Crippen LogP contribution in [0.1, 0.15) is 22.8 Å². The third-order valence-electron chi connectivity index (χ3n) is 2.20. The zero-order valence-corrected chi connectivity index (χ0v) is 9.48. The number of carbonyl (C=O) groups is 1. The van der Waals surface area contributed by atoms with Crippen LogP contribution in [0.3, 0.4) is 0 Å². The van der Waals surface area contributed by atoms with E-state index in [-0.39, 0.29) is 5.56 Å². The smallest absolute Gasteiger partial charge is 0.387 e. The molecule has 0 atom stereocenters. The highest BCUT2D eigenvalue weighted by atomic mass is 19.4. The summed E-state index contributed by atoms with van der Waals surface area (Å²) in [5, 5.41) is 5.15. The summed E-state index contributed by atoms with van der Waals surface area (Å²) >= 11 is 0. The van der Waals surface area contributed by atoms with Crippen molar-refractivity contribution in [1.82, 2.24) is 5.32 Å². The molecule has 0 saturated carbocycles. The van der Waals surface area contributed by atoms with Gasteiger partial charge in [-0.15, -0.1) is 0 Å². The van der Waals surface area contributed by atoms with Gasteiger partial charge in [-0.25, -0.2) is 0 Å². The Balaban J connectivity index is 3.20. The van der Waals surface area contributed by atoms with Gasteiger partial charge in [0.05, 0.1) is 11.1 Å². The maximum absolute atomic E-state index is 12.5. The first kappa shape index (κ1) is 13.3. The number of rotatable bonds is 3. The molecule has 0 aliphatic carbocycles. The van der Waals surface area contributed by atoms with Crippen molar-refractivity contribution in [2.45, 2.75) is 13.1 Å². The summed E-state index contributed by atoms with van der Waals surface area (Å²) in [6.07, 6.45) is -4.45. The molecule has 1 rings (SSSR count). The number of benzene rings is 1. The van der Waals surface area contributed by atoms with Crippen molar-refractivity contribution in [3.8, 4) is 0 Å². The lowest BCUT2D eigenvalue weighted by molar-refractivity contribution is -0.137. The van der Waals surface area contributed by atoms with Gasteiger partial charge in [0.2, 0.25) is 0 Å². The van der Waals surface area contributed by atoms with Gasteiger partial charge in [0.15, 0.2) is 0 Å². The van der Waals surface area contributed by atoms with Gasteiger partial charge in [-0.05, 0) is 25.1 Å². The van der Waals surface area contributed by atoms with E-state index in [1.54, 1.807) is 14.0 Å². The highest BCUT2D eigenvalue weighted by molar-refractivity contribution is 5.99. The normalized spacial score (nSPS) is 11.1. The zero-order chi connectivity index (χ0) is 13.1. The number of alkyl halides is 3. The SMILES string of the molecule is CCNC(=O)c1cc(C(F)(F)F)ccc1NC. The fourth-order valence-corrected chi connectivity index (χ4v) is 1.38. The fourth-order valence-electron chi connectivity index (χ4n) is 1.38. The van der Waals surface area contributed by atoms with Crippen LogP contribution < -0.4 is 10.6 Å². The summed E-state index contributed by atoms with van der Waals surface area (Å²) in [4.78, 5) is 11.6. The minimum absolute atomic E-state index is 0.0100. The van der Waals surface area contributed by atoms with Gasteiger partial charge in [0, 0.05) is 19.3 Å². The third-order valence-corrected chi connectivity index (χ3v) is 2.20. The summed E-state index contributed by atoms with van der Waals surface area (Å²) in [6.45, 7) is 2.06. The number of hydrogen-bond acceptors (Lipinski definition) is 2. The topological polar surface area (TPSA) is 41.1 Å². The average molecular weight is 246 g/mol. The van der Waals surface area contributed by atoms with E-state index in [2.05, 4.69) is 10.6 Å². The van der Waals surface area contributed by atoms with Crippen LogP contribution in [-0.4, -0.2) is 19.5 Å². The molecule has 94 valence electrons. The Kier molecular flexibility index (Phi) is 3.98. The second-order valence-corrected chi connectivity index (χ2v) is 3.37. The van der Waals surface area contributed by atoms with E-state index < -0.39 is 17.6 Å². The number of carbonyl (C=O) groups excluding carboxylic acids is 1. The molecule has 6 heteroatoms. The van der Waals surface area contributed by atoms with Crippen LogP contribution in [0.5, 0.6) is 0 Å². The molecule has 3 nitrogen and oxygen atoms in total. The molecule has 2 N–H and O–H groups in total. The van der Waals surface area contributed by atoms with E-state index >= 15 is 0 Å². The molecule has 0 fully saturated rings. The highest BCUT2D eigenvalue weighted by Crippen LogP contribution is 2.31. The number of hydrogen-bond donors (Lipinski definition) is 2. The molecule has 1 aromatic carbocycles. The molecular weight excluding hydrogens is 233 g/mol. The lowest BCUT2D eigenvalue weighted by Gasteiger charge is -2.12. The predicted molar refractivity (Wildman–Crippen MR) is 59.0 cm³/mol. The van der Waals surface area contributed by atoms with Crippen LogP contribution in [0.15, 0.2) is 18.2 Å². The Bertz CT molecular complexity index is 416. The molecule has 0 aliphatic rings. The summed E-state index contributed by atoms with van der Waals surface area (Å²) in [6, 6.07) is 3.03. The summed E-state index contributed by atoms with van der Waals surface area (Å²) in [5.74, 6) is -0.525. The van der Waals surface area contributed by atoms with Gasteiger partial charge in [0.1, 0.15) is 0 Å². The van der Waals surface area contributed by atoms with Gasteiger partial charge < -0.3 is 10.6 Å². The number of halogens is 3. The molecule has 0 spiro atoms. The molecule has 0 bridgehead atoms. The molecule has 1 amide bonds. The highest BCUT2D eigenvalue weighted by Gasteiger charge is 2.31. The van der Waals surface area contributed by atoms with E-state index in [4.69, 9.17) is 0 Å². The van der Waals surface area contributed by atoms with Crippen molar-refractivity contribution >= 4 is 11.6 Å². The fraction of sp³-hybridized carbons (Fsp3) is 0.364. The van der Waals surface area contributed by atoms with E-state index in [1.165, 1.54) is 6.07 Å². The van der Waals surface area contributed by atoms with E-state index in [0.29, 0.717) is 12.2 Å². The van der Waals surface area contributed by atoms with Crippen molar-refractivity contribution in [3.63, 3.8) is 0 Å². The second-order valence-electron chi connectivity index (χ2n) is 3.37. The zero-order valence-electron chi connectivity index (χ0n) is 9.48. The molecule has 0 saturated heterocycles. The van der Waals surface area contributed by atoms with Gasteiger partial charge in [-0.1, -0.05) is 0 Å². The first-order valence-corrected chi connectivity index (χ1v) is 5.07. The maximum Gasteiger partial charge on any atom is 0.416 e. The van der Waals surface area contributed by atoms with E-state index in [0.717, 1.165) is 12.1 Å². The quantitative estimate of drug-likeness (QED) is 0.860. The van der Waals surface area contributed by atoms with E-state index in [1.807, 2.05) is 0 Å². The number of nitrogens with one attached hydrogen (secondary N) is 2. The van der Waals surface area contributed by atoms with Crippen LogP contribution in [-0.2, 0) is 6.18 Å². The van der Waals surface area contributed by atoms with Crippen molar-refractivity contribution in [3.05, 3.63) is 29.3 Å². The minimum atomic E-state index is -4.45. The molecule has 0 unspecified atom stereocenters. The summed E-state index contributed by atoms with van der Waals surface area (Å²) < 4.78 is 37.5. The van der Waals surface area contributed by atoms with Crippen molar-refractivity contribution in [2.24, 2.45) is 0 Å². The molecule has 17 heavy (non-hydrogen) atoms. The van der Waals surface area contributed by atoms with Crippen LogP contribution in [0, 0.1) is 0 Å². The first-order valence-electron chi connectivity index (χ1n) is 5.07. The number of amides is 1. The Labute approximate surface area is 97.0 Å². The molecule has 0 aliphatic heterocycles. The van der Waals surface area contributed by atoms with Crippen molar-refractivity contribution < 1.29 is 18.0 Å². The van der Waals surface area contributed by atoms with E-state index in [9.17, 15) is 18.0 Å². The third kappa shape index (κ3) is 3.12. The lowest BCUT2D eigenvalue weighted by Crippen LogP contribution is -2.24. The summed E-state index contributed by atoms with van der Waals surface area (Å²) in [5.41, 5.74) is -0.481. The van der Waals surface area contributed by atoms with Gasteiger partial charge >= 0.3 is 6.18 Å². The Morgan fingerprint density at radius 3 is 2.47 bits per heavy atom. The van der Waals surface area contributed by atoms with Gasteiger partial charge in [-0.2, -0.15) is 13.2 Å². The van der Waals surface area contributed by atoms with Crippen molar-refractivity contribution in [1.29, 1.82) is 0 Å². The Hall–Kier alpha value is -1.72. The van der Waals surface area contributed by atoms with Gasteiger partial charge in [0.25, 0.3) is 5.91 Å². The standard InChI is InChI=1S/C11H13F3N2O/c1-3-16-10(17)8-6-7(11(12,13)14)4-5-9(8)15-2/h4-6,15H,3H2,1-2H3,(H,16,17). The molecule has 0 heterocycles. The molecular formula is C11H13F3N2O. The Morgan fingerprint density at radius 2 is 2.00 bits per heavy atom. The van der Waals surface area contributed by atoms with Crippen LogP contribution in [0.25, 0.3) is 0 Å². The second kappa shape index (κ2) is 5.07. The first-order chi connectivity index (χ1) is 7.90. The van der Waals surface area contributed by atoms with Crippen LogP contribution in [0.4, 0.5) is 18.9 Å². The molecule has 0 aromatic heterocycles. The van der Waals surface area contributed by atoms with Crippen molar-refractivity contribution in [2.75, 3.05) is 18.9 Å². The maximum atomic E-state index is 12.5. The van der Waals surface area contributed by atoms with Gasteiger partial charge in [-0.3, -0.25) is 4.79 Å². The Morgan fingerprint density at radius 1 is 1.35 bits per heavy atom. The largest absolute Gasteiger partial charge is 0.416 e. The predicted octanol–water partition coefficient (Wildman–Crippen LogP) is 2.50. The number of anilines is 1. The molecule has 1 aromatic rings. The minimum Gasteiger partial charge on any atom is -0.387 e. The molecule has 0 radical (unpaired) electrons. The van der Waals surface area contributed by atoms with Crippen LogP contribution in [0.2, 0.25) is 0 Å². The average Bonchev–Trinajstić information content (AvgIpc) is 2.27. The summed E-state index contributed by atoms with van der Waals surface area (Å²) in [7, 11) is 1.55. The monoisotopic (exact) mass is 246 g/mol. The lowest BCUT2D eigenvalue weighted by atomic mass is 10.1.